The van der Waals surface area contributed by atoms with Crippen molar-refractivity contribution < 1.29 is 14.6 Å². The number of carbonyl (C=O) groups excluding carboxylic acids is 1. The molecule has 1 aliphatic carbocycles. The van der Waals surface area contributed by atoms with Gasteiger partial charge < -0.3 is 15.2 Å². The number of carbonyl (C=O) groups is 1. The lowest BCUT2D eigenvalue weighted by atomic mass is 9.78. The van der Waals surface area contributed by atoms with Crippen LogP contribution in [0.4, 0.5) is 0 Å². The topological polar surface area (TPSA) is 58.6 Å². The lowest BCUT2D eigenvalue weighted by Gasteiger charge is -2.34. The van der Waals surface area contributed by atoms with Crippen LogP contribution in [0.1, 0.15) is 33.1 Å². The number of para-hydroxylation sites is 2. The van der Waals surface area contributed by atoms with Crippen molar-refractivity contribution in [1.29, 1.82) is 0 Å². The molecule has 0 bridgehead atoms. The minimum Gasteiger partial charge on any atom is -0.504 e. The number of hydrogen-bond donors (Lipinski definition) is 2. The molecule has 4 nitrogen and oxygen atoms in total. The molecule has 3 atom stereocenters. The zero-order valence-corrected chi connectivity index (χ0v) is 12.1. The molecule has 3 unspecified atom stereocenters. The van der Waals surface area contributed by atoms with Crippen molar-refractivity contribution >= 4 is 5.91 Å². The summed E-state index contributed by atoms with van der Waals surface area (Å²) in [6.45, 7) is 4.37. The van der Waals surface area contributed by atoms with Crippen LogP contribution in [0.25, 0.3) is 0 Å². The zero-order chi connectivity index (χ0) is 14.5. The van der Waals surface area contributed by atoms with Gasteiger partial charge in [-0.1, -0.05) is 38.8 Å². The molecular weight excluding hydrogens is 254 g/mol. The standard InChI is InChI=1S/C16H23NO3/c1-11-6-5-7-13(12(11)2)17-16(19)10-20-15-9-4-3-8-14(15)18/h3-4,8-9,11-13,18H,5-7,10H2,1-2H3,(H,17,19). The van der Waals surface area contributed by atoms with Crippen LogP contribution in [0, 0.1) is 11.8 Å². The SMILES string of the molecule is CC1CCCC(NC(=O)COc2ccccc2O)C1C. The Morgan fingerprint density at radius 3 is 2.85 bits per heavy atom. The maximum Gasteiger partial charge on any atom is 0.258 e. The molecule has 1 aromatic carbocycles. The summed E-state index contributed by atoms with van der Waals surface area (Å²) >= 11 is 0. The number of amides is 1. The van der Waals surface area contributed by atoms with Crippen LogP contribution in [0.5, 0.6) is 11.5 Å². The van der Waals surface area contributed by atoms with Crippen molar-refractivity contribution in [2.75, 3.05) is 6.61 Å². The van der Waals surface area contributed by atoms with E-state index in [1.165, 1.54) is 12.5 Å². The van der Waals surface area contributed by atoms with Gasteiger partial charge in [0.25, 0.3) is 5.91 Å². The third kappa shape index (κ3) is 3.65. The summed E-state index contributed by atoms with van der Waals surface area (Å²) < 4.78 is 5.34. The number of hydrogen-bond acceptors (Lipinski definition) is 3. The van der Waals surface area contributed by atoms with Gasteiger partial charge in [-0.05, 0) is 30.4 Å². The number of nitrogens with one attached hydrogen (secondary N) is 1. The Hall–Kier alpha value is -1.71. The maximum atomic E-state index is 11.9. The minimum absolute atomic E-state index is 0.0555. The smallest absolute Gasteiger partial charge is 0.258 e. The second-order valence-corrected chi connectivity index (χ2v) is 5.70. The monoisotopic (exact) mass is 277 g/mol. The van der Waals surface area contributed by atoms with Crippen molar-refractivity contribution in [3.63, 3.8) is 0 Å². The van der Waals surface area contributed by atoms with Gasteiger partial charge in [0.1, 0.15) is 0 Å². The molecule has 0 aromatic heterocycles. The van der Waals surface area contributed by atoms with Crippen molar-refractivity contribution in [2.45, 2.75) is 39.2 Å². The Bertz CT molecular complexity index is 461. The minimum atomic E-state index is -0.126. The van der Waals surface area contributed by atoms with Gasteiger partial charge in [-0.25, -0.2) is 0 Å². The van der Waals surface area contributed by atoms with Crippen molar-refractivity contribution in [3.05, 3.63) is 24.3 Å². The molecule has 0 saturated heterocycles. The molecule has 1 amide bonds. The Morgan fingerprint density at radius 2 is 2.10 bits per heavy atom. The van der Waals surface area contributed by atoms with Crippen LogP contribution in [-0.4, -0.2) is 23.7 Å². The molecule has 0 spiro atoms. The predicted octanol–water partition coefficient (Wildman–Crippen LogP) is 2.71. The van der Waals surface area contributed by atoms with Crippen molar-refractivity contribution in [3.8, 4) is 11.5 Å². The molecule has 0 aliphatic heterocycles. The van der Waals surface area contributed by atoms with E-state index >= 15 is 0 Å². The van der Waals surface area contributed by atoms with E-state index in [1.54, 1.807) is 18.2 Å². The number of benzene rings is 1. The van der Waals surface area contributed by atoms with Gasteiger partial charge in [-0.3, -0.25) is 4.79 Å². The Kier molecular flexibility index (Phi) is 4.88. The number of phenols is 1. The zero-order valence-electron chi connectivity index (χ0n) is 12.1. The first-order valence-corrected chi connectivity index (χ1v) is 7.28. The quantitative estimate of drug-likeness (QED) is 0.889. The largest absolute Gasteiger partial charge is 0.504 e. The molecule has 4 heteroatoms. The van der Waals surface area contributed by atoms with Crippen molar-refractivity contribution in [2.24, 2.45) is 11.8 Å². The first-order valence-electron chi connectivity index (χ1n) is 7.28. The molecule has 2 N–H and O–H groups in total. The van der Waals surface area contributed by atoms with Crippen LogP contribution >= 0.6 is 0 Å². The molecule has 110 valence electrons. The lowest BCUT2D eigenvalue weighted by molar-refractivity contribution is -0.124. The van der Waals surface area contributed by atoms with E-state index in [0.29, 0.717) is 17.6 Å². The summed E-state index contributed by atoms with van der Waals surface area (Å²) in [4.78, 5) is 11.9. The van der Waals surface area contributed by atoms with Crippen LogP contribution in [0.2, 0.25) is 0 Å². The predicted molar refractivity (Wildman–Crippen MR) is 77.7 cm³/mol. The third-order valence-corrected chi connectivity index (χ3v) is 4.28. The number of rotatable bonds is 4. The van der Waals surface area contributed by atoms with E-state index in [4.69, 9.17) is 4.74 Å². The summed E-state index contributed by atoms with van der Waals surface area (Å²) in [5.41, 5.74) is 0. The Balaban J connectivity index is 1.82. The summed E-state index contributed by atoms with van der Waals surface area (Å²) in [7, 11) is 0. The van der Waals surface area contributed by atoms with E-state index in [1.807, 2.05) is 0 Å². The van der Waals surface area contributed by atoms with Crippen LogP contribution in [0.15, 0.2) is 24.3 Å². The molecule has 0 radical (unpaired) electrons. The molecule has 2 rings (SSSR count). The summed E-state index contributed by atoms with van der Waals surface area (Å²) in [5, 5.41) is 12.6. The molecule has 1 fully saturated rings. The lowest BCUT2D eigenvalue weighted by Crippen LogP contribution is -2.45. The van der Waals surface area contributed by atoms with Crippen LogP contribution in [0.3, 0.4) is 0 Å². The number of phenolic OH excluding ortho intramolecular Hbond substituents is 1. The van der Waals surface area contributed by atoms with E-state index < -0.39 is 0 Å². The first kappa shape index (κ1) is 14.7. The summed E-state index contributed by atoms with van der Waals surface area (Å²) in [5.74, 6) is 1.41. The molecule has 0 heterocycles. The third-order valence-electron chi connectivity index (χ3n) is 4.28. The number of aromatic hydroxyl groups is 1. The second kappa shape index (κ2) is 6.64. The fourth-order valence-electron chi connectivity index (χ4n) is 2.76. The average molecular weight is 277 g/mol. The van der Waals surface area contributed by atoms with E-state index in [2.05, 4.69) is 19.2 Å². The molecule has 20 heavy (non-hydrogen) atoms. The van der Waals surface area contributed by atoms with Crippen LogP contribution < -0.4 is 10.1 Å². The molecule has 1 aromatic rings. The van der Waals surface area contributed by atoms with Crippen molar-refractivity contribution in [1.82, 2.24) is 5.32 Å². The van der Waals surface area contributed by atoms with Gasteiger partial charge in [0, 0.05) is 6.04 Å². The summed E-state index contributed by atoms with van der Waals surface area (Å²) in [6.07, 6.45) is 3.44. The summed E-state index contributed by atoms with van der Waals surface area (Å²) in [6, 6.07) is 6.90. The second-order valence-electron chi connectivity index (χ2n) is 5.70. The molecule has 1 saturated carbocycles. The highest BCUT2D eigenvalue weighted by Gasteiger charge is 2.28. The fourth-order valence-corrected chi connectivity index (χ4v) is 2.76. The van der Waals surface area contributed by atoms with Gasteiger partial charge in [-0.15, -0.1) is 0 Å². The van der Waals surface area contributed by atoms with Crippen LogP contribution in [-0.2, 0) is 4.79 Å². The fraction of sp³-hybridized carbons (Fsp3) is 0.562. The highest BCUT2D eigenvalue weighted by molar-refractivity contribution is 5.78. The van der Waals surface area contributed by atoms with Gasteiger partial charge in [0.05, 0.1) is 0 Å². The van der Waals surface area contributed by atoms with E-state index in [9.17, 15) is 9.90 Å². The van der Waals surface area contributed by atoms with E-state index in [0.717, 1.165) is 12.8 Å². The Morgan fingerprint density at radius 1 is 1.35 bits per heavy atom. The van der Waals surface area contributed by atoms with Gasteiger partial charge in [0.15, 0.2) is 18.1 Å². The Labute approximate surface area is 120 Å². The maximum absolute atomic E-state index is 11.9. The normalized spacial score (nSPS) is 26.0. The van der Waals surface area contributed by atoms with E-state index in [-0.39, 0.29) is 24.3 Å². The highest BCUT2D eigenvalue weighted by Crippen LogP contribution is 2.29. The van der Waals surface area contributed by atoms with Gasteiger partial charge in [-0.2, -0.15) is 0 Å². The van der Waals surface area contributed by atoms with Gasteiger partial charge in [0.2, 0.25) is 0 Å². The van der Waals surface area contributed by atoms with Gasteiger partial charge >= 0.3 is 0 Å². The molecule has 1 aliphatic rings. The highest BCUT2D eigenvalue weighted by atomic mass is 16.5. The first-order chi connectivity index (χ1) is 9.58. The molecular formula is C16H23NO3. The number of ether oxygens (including phenoxy) is 1. The average Bonchev–Trinajstić information content (AvgIpc) is 2.43.